The second-order valence-corrected chi connectivity index (χ2v) is 5.53. The van der Waals surface area contributed by atoms with Crippen molar-refractivity contribution in [2.24, 2.45) is 5.92 Å². The topological polar surface area (TPSA) is 35.6 Å². The minimum atomic E-state index is 0.258. The summed E-state index contributed by atoms with van der Waals surface area (Å²) in [5.41, 5.74) is 0. The molecule has 2 rings (SSSR count). The molecule has 2 saturated heterocycles. The SMILES string of the molecule is CN1CCCC(N(C)C(=O)C2CCNCC2)C1. The van der Waals surface area contributed by atoms with Gasteiger partial charge < -0.3 is 15.1 Å². The molecule has 2 aliphatic heterocycles. The van der Waals surface area contributed by atoms with Crippen LogP contribution in [0.25, 0.3) is 0 Å². The zero-order valence-corrected chi connectivity index (χ0v) is 11.1. The van der Waals surface area contributed by atoms with E-state index >= 15 is 0 Å². The van der Waals surface area contributed by atoms with Gasteiger partial charge in [0.05, 0.1) is 0 Å². The van der Waals surface area contributed by atoms with Gasteiger partial charge in [-0.3, -0.25) is 4.79 Å². The van der Waals surface area contributed by atoms with Gasteiger partial charge >= 0.3 is 0 Å². The summed E-state index contributed by atoms with van der Waals surface area (Å²) in [6.07, 6.45) is 4.39. The van der Waals surface area contributed by atoms with Crippen LogP contribution in [0, 0.1) is 5.92 Å². The van der Waals surface area contributed by atoms with Gasteiger partial charge in [-0.15, -0.1) is 0 Å². The molecule has 1 unspecified atom stereocenters. The molecule has 2 aliphatic rings. The van der Waals surface area contributed by atoms with Gasteiger partial charge in [-0.05, 0) is 52.4 Å². The van der Waals surface area contributed by atoms with Gasteiger partial charge in [-0.2, -0.15) is 0 Å². The van der Waals surface area contributed by atoms with Gasteiger partial charge in [-0.1, -0.05) is 0 Å². The first-order chi connectivity index (χ1) is 8.18. The Hall–Kier alpha value is -0.610. The van der Waals surface area contributed by atoms with Crippen LogP contribution in [-0.4, -0.2) is 62.0 Å². The molecular weight excluding hydrogens is 214 g/mol. The molecule has 0 spiro atoms. The van der Waals surface area contributed by atoms with Gasteiger partial charge in [0.25, 0.3) is 0 Å². The maximum absolute atomic E-state index is 12.4. The molecule has 0 bridgehead atoms. The predicted molar refractivity (Wildman–Crippen MR) is 68.9 cm³/mol. The highest BCUT2D eigenvalue weighted by Gasteiger charge is 2.29. The molecule has 1 N–H and O–H groups in total. The Morgan fingerprint density at radius 2 is 2.00 bits per heavy atom. The molecule has 0 aromatic carbocycles. The van der Waals surface area contributed by atoms with Gasteiger partial charge in [-0.25, -0.2) is 0 Å². The van der Waals surface area contributed by atoms with Crippen LogP contribution in [0.2, 0.25) is 0 Å². The molecule has 0 aromatic rings. The number of piperidine rings is 2. The van der Waals surface area contributed by atoms with Crippen molar-refractivity contribution in [1.82, 2.24) is 15.1 Å². The standard InChI is InChI=1S/C13H25N3O/c1-15-9-3-4-12(10-15)16(2)13(17)11-5-7-14-8-6-11/h11-12,14H,3-10H2,1-2H3. The van der Waals surface area contributed by atoms with Crippen molar-refractivity contribution in [2.75, 3.05) is 40.3 Å². The monoisotopic (exact) mass is 239 g/mol. The highest BCUT2D eigenvalue weighted by Crippen LogP contribution is 2.19. The number of carbonyl (C=O) groups is 1. The van der Waals surface area contributed by atoms with Crippen LogP contribution < -0.4 is 5.32 Å². The second-order valence-electron chi connectivity index (χ2n) is 5.53. The quantitative estimate of drug-likeness (QED) is 0.764. The van der Waals surface area contributed by atoms with E-state index in [1.165, 1.54) is 13.0 Å². The Morgan fingerprint density at radius 1 is 1.29 bits per heavy atom. The number of likely N-dealkylation sites (N-methyl/N-ethyl adjacent to an activating group) is 2. The average molecular weight is 239 g/mol. The summed E-state index contributed by atoms with van der Waals surface area (Å²) in [6, 6.07) is 0.427. The molecule has 0 saturated carbocycles. The molecule has 2 fully saturated rings. The Morgan fingerprint density at radius 3 is 2.65 bits per heavy atom. The van der Waals surface area contributed by atoms with E-state index in [9.17, 15) is 4.79 Å². The Labute approximate surface area is 104 Å². The second kappa shape index (κ2) is 5.83. The fourth-order valence-electron chi connectivity index (χ4n) is 2.99. The van der Waals surface area contributed by atoms with E-state index in [1.807, 2.05) is 11.9 Å². The summed E-state index contributed by atoms with van der Waals surface area (Å²) < 4.78 is 0. The molecular formula is C13H25N3O. The van der Waals surface area contributed by atoms with Crippen molar-refractivity contribution >= 4 is 5.91 Å². The van der Waals surface area contributed by atoms with Crippen LogP contribution in [0.5, 0.6) is 0 Å². The molecule has 0 aliphatic carbocycles. The van der Waals surface area contributed by atoms with Crippen molar-refractivity contribution in [2.45, 2.75) is 31.7 Å². The lowest BCUT2D eigenvalue weighted by atomic mass is 9.95. The number of nitrogens with zero attached hydrogens (tertiary/aromatic N) is 2. The first-order valence-corrected chi connectivity index (χ1v) is 6.84. The van der Waals surface area contributed by atoms with Crippen LogP contribution in [0.1, 0.15) is 25.7 Å². The molecule has 2 heterocycles. The number of rotatable bonds is 2. The summed E-state index contributed by atoms with van der Waals surface area (Å²) in [5, 5.41) is 3.32. The average Bonchev–Trinajstić information content (AvgIpc) is 2.38. The first kappa shape index (κ1) is 12.8. The van der Waals surface area contributed by atoms with Gasteiger partial charge in [0, 0.05) is 25.6 Å². The molecule has 1 amide bonds. The summed E-state index contributed by atoms with van der Waals surface area (Å²) in [4.78, 5) is 16.7. The van der Waals surface area contributed by atoms with E-state index in [-0.39, 0.29) is 5.92 Å². The molecule has 0 aromatic heterocycles. The predicted octanol–water partition coefficient (Wildman–Crippen LogP) is 0.539. The van der Waals surface area contributed by atoms with Crippen molar-refractivity contribution in [3.63, 3.8) is 0 Å². The summed E-state index contributed by atoms with van der Waals surface area (Å²) >= 11 is 0. The summed E-state index contributed by atoms with van der Waals surface area (Å²) in [6.45, 7) is 4.20. The smallest absolute Gasteiger partial charge is 0.225 e. The minimum Gasteiger partial charge on any atom is -0.341 e. The normalized spacial score (nSPS) is 28.0. The number of amides is 1. The first-order valence-electron chi connectivity index (χ1n) is 6.84. The van der Waals surface area contributed by atoms with Gasteiger partial charge in [0.2, 0.25) is 5.91 Å². The van der Waals surface area contributed by atoms with E-state index in [2.05, 4.69) is 17.3 Å². The number of nitrogens with one attached hydrogen (secondary N) is 1. The summed E-state index contributed by atoms with van der Waals surface area (Å²) in [7, 11) is 4.14. The molecule has 0 radical (unpaired) electrons. The third kappa shape index (κ3) is 3.19. The van der Waals surface area contributed by atoms with E-state index < -0.39 is 0 Å². The summed E-state index contributed by atoms with van der Waals surface area (Å²) in [5.74, 6) is 0.625. The minimum absolute atomic E-state index is 0.258. The lowest BCUT2D eigenvalue weighted by Gasteiger charge is -2.38. The highest BCUT2D eigenvalue weighted by atomic mass is 16.2. The number of likely N-dealkylation sites (tertiary alicyclic amines) is 1. The zero-order valence-electron chi connectivity index (χ0n) is 11.1. The molecule has 17 heavy (non-hydrogen) atoms. The van der Waals surface area contributed by atoms with E-state index in [4.69, 9.17) is 0 Å². The highest BCUT2D eigenvalue weighted by molar-refractivity contribution is 5.79. The Balaban J connectivity index is 1.89. The van der Waals surface area contributed by atoms with Crippen LogP contribution in [0.15, 0.2) is 0 Å². The molecule has 1 atom stereocenters. The van der Waals surface area contributed by atoms with Crippen LogP contribution in [0.4, 0.5) is 0 Å². The van der Waals surface area contributed by atoms with Crippen LogP contribution in [0.3, 0.4) is 0 Å². The number of hydrogen-bond acceptors (Lipinski definition) is 3. The number of hydrogen-bond donors (Lipinski definition) is 1. The zero-order chi connectivity index (χ0) is 12.3. The lowest BCUT2D eigenvalue weighted by molar-refractivity contribution is -0.138. The number of carbonyl (C=O) groups excluding carboxylic acids is 1. The van der Waals surface area contributed by atoms with E-state index in [0.717, 1.165) is 38.9 Å². The maximum atomic E-state index is 12.4. The van der Waals surface area contributed by atoms with Crippen molar-refractivity contribution < 1.29 is 4.79 Å². The van der Waals surface area contributed by atoms with Gasteiger partial charge in [0.15, 0.2) is 0 Å². The Kier molecular flexibility index (Phi) is 4.40. The van der Waals surface area contributed by atoms with E-state index in [1.54, 1.807) is 0 Å². The van der Waals surface area contributed by atoms with Crippen molar-refractivity contribution in [3.8, 4) is 0 Å². The molecule has 98 valence electrons. The fourth-order valence-corrected chi connectivity index (χ4v) is 2.99. The molecule has 4 heteroatoms. The Bertz CT molecular complexity index is 263. The lowest BCUT2D eigenvalue weighted by Crippen LogP contribution is -2.50. The van der Waals surface area contributed by atoms with Crippen molar-refractivity contribution in [1.29, 1.82) is 0 Å². The fraction of sp³-hybridized carbons (Fsp3) is 0.923. The van der Waals surface area contributed by atoms with Gasteiger partial charge in [0.1, 0.15) is 0 Å². The third-order valence-corrected chi connectivity index (χ3v) is 4.18. The maximum Gasteiger partial charge on any atom is 0.225 e. The molecule has 4 nitrogen and oxygen atoms in total. The van der Waals surface area contributed by atoms with Crippen LogP contribution >= 0.6 is 0 Å². The van der Waals surface area contributed by atoms with Crippen LogP contribution in [-0.2, 0) is 4.79 Å². The third-order valence-electron chi connectivity index (χ3n) is 4.18. The van der Waals surface area contributed by atoms with Crippen molar-refractivity contribution in [3.05, 3.63) is 0 Å². The largest absolute Gasteiger partial charge is 0.341 e. The van der Waals surface area contributed by atoms with E-state index in [0.29, 0.717) is 11.9 Å².